The number of carboxylic acid groups (broad SMARTS) is 1. The van der Waals surface area contributed by atoms with Gasteiger partial charge in [-0.05, 0) is 48.1 Å². The van der Waals surface area contributed by atoms with Gasteiger partial charge in [0.1, 0.15) is 0 Å². The number of benzene rings is 2. The van der Waals surface area contributed by atoms with E-state index in [4.69, 9.17) is 5.84 Å². The molecule has 0 aromatic heterocycles. The van der Waals surface area contributed by atoms with Crippen LogP contribution in [0.25, 0.3) is 5.57 Å². The van der Waals surface area contributed by atoms with E-state index < -0.39 is 16.0 Å². The van der Waals surface area contributed by atoms with Crippen LogP contribution in [0.3, 0.4) is 0 Å². The molecule has 0 saturated carbocycles. The zero-order chi connectivity index (χ0) is 24.0. The monoisotopic (exact) mass is 469 g/mol. The number of carboxylic acids is 1. The number of carbonyl (C=O) groups is 1. The van der Waals surface area contributed by atoms with Crippen molar-refractivity contribution in [3.05, 3.63) is 83.6 Å². The molecular formula is C25H31N3O4S. The number of hydrogen-bond acceptors (Lipinski definition) is 5. The summed E-state index contributed by atoms with van der Waals surface area (Å²) >= 11 is 0. The lowest BCUT2D eigenvalue weighted by Gasteiger charge is -2.28. The normalized spacial score (nSPS) is 15.6. The summed E-state index contributed by atoms with van der Waals surface area (Å²) in [6.07, 6.45) is 2.49. The van der Waals surface area contributed by atoms with E-state index in [1.54, 1.807) is 31.2 Å². The molecule has 1 aliphatic rings. The zero-order valence-corrected chi connectivity index (χ0v) is 19.7. The fourth-order valence-electron chi connectivity index (χ4n) is 4.02. The Kier molecular flexibility index (Phi) is 8.07. The number of nitrogens with zero attached hydrogens (tertiary/aromatic N) is 2. The Morgan fingerprint density at radius 3 is 2.30 bits per heavy atom. The maximum absolute atomic E-state index is 13.3. The molecule has 0 unspecified atom stereocenters. The molecule has 8 heteroatoms. The summed E-state index contributed by atoms with van der Waals surface area (Å²) in [6.45, 7) is 6.97. The van der Waals surface area contributed by atoms with Crippen molar-refractivity contribution >= 4 is 21.6 Å². The van der Waals surface area contributed by atoms with Gasteiger partial charge in [-0.3, -0.25) is 4.79 Å². The summed E-state index contributed by atoms with van der Waals surface area (Å²) in [5, 5.41) is 10.9. The van der Waals surface area contributed by atoms with Crippen LogP contribution in [0.15, 0.2) is 77.3 Å². The smallest absolute Gasteiger partial charge is 0.307 e. The van der Waals surface area contributed by atoms with Gasteiger partial charge < -0.3 is 10.1 Å². The third kappa shape index (κ3) is 5.90. The quantitative estimate of drug-likeness (QED) is 0.327. The maximum Gasteiger partial charge on any atom is 0.307 e. The third-order valence-corrected chi connectivity index (χ3v) is 7.93. The van der Waals surface area contributed by atoms with Gasteiger partial charge in [0.05, 0.1) is 17.9 Å². The van der Waals surface area contributed by atoms with E-state index in [1.807, 2.05) is 30.3 Å². The maximum atomic E-state index is 13.3. The van der Waals surface area contributed by atoms with Gasteiger partial charge in [0, 0.05) is 18.8 Å². The van der Waals surface area contributed by atoms with Crippen molar-refractivity contribution in [2.24, 2.45) is 5.84 Å². The van der Waals surface area contributed by atoms with Crippen molar-refractivity contribution in [3.63, 3.8) is 0 Å². The van der Waals surface area contributed by atoms with Crippen LogP contribution in [-0.2, 0) is 21.4 Å². The average Bonchev–Trinajstić information content (AvgIpc) is 2.83. The first-order valence-electron chi connectivity index (χ1n) is 11.0. The Balaban J connectivity index is 1.93. The number of hydrogen-bond donors (Lipinski definition) is 2. The summed E-state index contributed by atoms with van der Waals surface area (Å²) < 4.78 is 28.1. The second-order valence-corrected chi connectivity index (χ2v) is 10.1. The zero-order valence-electron chi connectivity index (χ0n) is 18.9. The van der Waals surface area contributed by atoms with Crippen LogP contribution < -0.4 is 5.84 Å². The van der Waals surface area contributed by atoms with E-state index in [-0.39, 0.29) is 17.9 Å². The van der Waals surface area contributed by atoms with Crippen molar-refractivity contribution < 1.29 is 18.3 Å². The molecule has 0 radical (unpaired) electrons. The van der Waals surface area contributed by atoms with E-state index in [1.165, 1.54) is 9.31 Å². The molecule has 1 fully saturated rings. The Morgan fingerprint density at radius 2 is 1.67 bits per heavy atom. The Morgan fingerprint density at radius 1 is 1.06 bits per heavy atom. The Hall–Kier alpha value is -2.94. The molecule has 0 aliphatic carbocycles. The summed E-state index contributed by atoms with van der Waals surface area (Å²) in [5.74, 6) is 5.37. The molecule has 0 spiro atoms. The lowest BCUT2D eigenvalue weighted by molar-refractivity contribution is -0.136. The van der Waals surface area contributed by atoms with E-state index in [0.29, 0.717) is 35.5 Å². The van der Waals surface area contributed by atoms with Gasteiger partial charge in [0.2, 0.25) is 10.0 Å². The first-order valence-corrected chi connectivity index (χ1v) is 12.4. The van der Waals surface area contributed by atoms with Crippen LogP contribution in [-0.4, -0.2) is 41.9 Å². The Bertz CT molecular complexity index is 1140. The standard InChI is InChI=1S/C25H31N3O4S/c1-19(21-11-5-3-6-12-21)23(17-25(29)30)20(2)28(26)18-22-13-7-8-14-24(22)33(31,32)27-15-9-4-10-16-27/h3,5-8,11-14H,1,4,9-10,15-18,26H2,2H3,(H,29,30)/b23-20-. The van der Waals surface area contributed by atoms with E-state index in [2.05, 4.69) is 6.58 Å². The topological polar surface area (TPSA) is 104 Å². The van der Waals surface area contributed by atoms with Crippen LogP contribution in [0.1, 0.15) is 43.7 Å². The summed E-state index contributed by atoms with van der Waals surface area (Å²) in [4.78, 5) is 11.8. The number of piperidine rings is 1. The highest BCUT2D eigenvalue weighted by Crippen LogP contribution is 2.29. The second kappa shape index (κ2) is 10.8. The molecule has 176 valence electrons. The van der Waals surface area contributed by atoms with Gasteiger partial charge in [-0.25, -0.2) is 14.3 Å². The highest BCUT2D eigenvalue weighted by molar-refractivity contribution is 7.89. The van der Waals surface area contributed by atoms with Gasteiger partial charge in [-0.2, -0.15) is 4.31 Å². The van der Waals surface area contributed by atoms with E-state index >= 15 is 0 Å². The highest BCUT2D eigenvalue weighted by atomic mass is 32.2. The molecule has 0 bridgehead atoms. The largest absolute Gasteiger partial charge is 0.481 e. The molecule has 1 heterocycles. The summed E-state index contributed by atoms with van der Waals surface area (Å²) in [5.41, 5.74) is 2.95. The molecule has 7 nitrogen and oxygen atoms in total. The molecule has 3 rings (SSSR count). The van der Waals surface area contributed by atoms with Crippen molar-refractivity contribution in [2.45, 2.75) is 44.0 Å². The van der Waals surface area contributed by atoms with Crippen molar-refractivity contribution in [1.82, 2.24) is 9.31 Å². The number of allylic oxidation sites excluding steroid dienone is 2. The fourth-order valence-corrected chi connectivity index (χ4v) is 5.76. The average molecular weight is 470 g/mol. The summed E-state index contributed by atoms with van der Waals surface area (Å²) in [6, 6.07) is 16.1. The SMILES string of the molecule is C=C(/C(CC(=O)O)=C(/C)N(N)Cc1ccccc1S(=O)(=O)N1CCCCC1)c1ccccc1. The van der Waals surface area contributed by atoms with Crippen molar-refractivity contribution in [2.75, 3.05) is 13.1 Å². The van der Waals surface area contributed by atoms with Crippen molar-refractivity contribution in [3.8, 4) is 0 Å². The van der Waals surface area contributed by atoms with Crippen LogP contribution in [0, 0.1) is 0 Å². The molecule has 3 N–H and O–H groups in total. The van der Waals surface area contributed by atoms with Gasteiger partial charge >= 0.3 is 5.97 Å². The number of hydrazine groups is 1. The van der Waals surface area contributed by atoms with E-state index in [9.17, 15) is 18.3 Å². The van der Waals surface area contributed by atoms with Gasteiger partial charge in [-0.1, -0.05) is 61.5 Å². The minimum absolute atomic E-state index is 0.111. The van der Waals surface area contributed by atoms with Gasteiger partial charge in [-0.15, -0.1) is 0 Å². The number of sulfonamides is 1. The number of nitrogens with two attached hydrogens (primary N) is 1. The number of rotatable bonds is 9. The molecule has 2 aromatic rings. The predicted molar refractivity (Wildman–Crippen MR) is 129 cm³/mol. The van der Waals surface area contributed by atoms with Crippen LogP contribution in [0.2, 0.25) is 0 Å². The fraction of sp³-hybridized carbons (Fsp3) is 0.320. The first kappa shape index (κ1) is 24.7. The molecular weight excluding hydrogens is 438 g/mol. The highest BCUT2D eigenvalue weighted by Gasteiger charge is 2.28. The molecule has 1 aliphatic heterocycles. The lowest BCUT2D eigenvalue weighted by atomic mass is 9.95. The van der Waals surface area contributed by atoms with Crippen LogP contribution in [0.4, 0.5) is 0 Å². The predicted octanol–water partition coefficient (Wildman–Crippen LogP) is 4.00. The second-order valence-electron chi connectivity index (χ2n) is 8.18. The van der Waals surface area contributed by atoms with Gasteiger partial charge in [0.25, 0.3) is 0 Å². The first-order chi connectivity index (χ1) is 15.7. The minimum Gasteiger partial charge on any atom is -0.481 e. The van der Waals surface area contributed by atoms with Crippen molar-refractivity contribution in [1.29, 1.82) is 0 Å². The molecule has 2 aromatic carbocycles. The molecule has 1 saturated heterocycles. The molecule has 0 amide bonds. The van der Waals surface area contributed by atoms with Gasteiger partial charge in [0.15, 0.2) is 0 Å². The van der Waals surface area contributed by atoms with E-state index in [0.717, 1.165) is 24.8 Å². The van der Waals surface area contributed by atoms with Crippen LogP contribution in [0.5, 0.6) is 0 Å². The third-order valence-electron chi connectivity index (χ3n) is 5.93. The van der Waals surface area contributed by atoms with Crippen LogP contribution >= 0.6 is 0 Å². The molecule has 0 atom stereocenters. The lowest BCUT2D eigenvalue weighted by Crippen LogP contribution is -2.37. The Labute approximate surface area is 195 Å². The minimum atomic E-state index is -3.64. The molecule has 33 heavy (non-hydrogen) atoms. The summed E-state index contributed by atoms with van der Waals surface area (Å²) in [7, 11) is -3.64. The number of aliphatic carboxylic acids is 1.